The molecule has 22 heavy (non-hydrogen) atoms. The second kappa shape index (κ2) is 8.17. The van der Waals surface area contributed by atoms with Crippen LogP contribution < -0.4 is 10.1 Å². The summed E-state index contributed by atoms with van der Waals surface area (Å²) in [6, 6.07) is 7.04. The molecule has 118 valence electrons. The second-order valence-corrected chi connectivity index (χ2v) is 4.95. The van der Waals surface area contributed by atoms with Crippen LogP contribution in [-0.2, 0) is 6.42 Å². The smallest absolute Gasteiger partial charge is 0.256 e. The first-order valence-electron chi connectivity index (χ1n) is 7.60. The Morgan fingerprint density at radius 1 is 1.18 bits per heavy atom. The lowest BCUT2D eigenvalue weighted by molar-refractivity contribution is 0.102. The third-order valence-electron chi connectivity index (χ3n) is 3.26. The Labute approximate surface area is 129 Å². The molecule has 1 heterocycles. The van der Waals surface area contributed by atoms with Crippen molar-refractivity contribution < 1.29 is 14.2 Å². The Balaban J connectivity index is 1.91. The van der Waals surface area contributed by atoms with Crippen LogP contribution in [-0.4, -0.2) is 22.8 Å². The van der Waals surface area contributed by atoms with Gasteiger partial charge in [-0.1, -0.05) is 31.8 Å². The average molecular weight is 303 g/mol. The predicted octanol–water partition coefficient (Wildman–Crippen LogP) is 3.45. The van der Waals surface area contributed by atoms with Crippen molar-refractivity contribution in [2.24, 2.45) is 0 Å². The van der Waals surface area contributed by atoms with Gasteiger partial charge in [-0.2, -0.15) is 0 Å². The van der Waals surface area contributed by atoms with Crippen LogP contribution in [0.3, 0.4) is 0 Å². The van der Waals surface area contributed by atoms with E-state index in [1.807, 2.05) is 6.92 Å². The zero-order chi connectivity index (χ0) is 15.8. The summed E-state index contributed by atoms with van der Waals surface area (Å²) in [6.07, 6.45) is 4.01. The maximum Gasteiger partial charge on any atom is 0.256 e. The Morgan fingerprint density at radius 3 is 2.64 bits per heavy atom. The van der Waals surface area contributed by atoms with Crippen LogP contribution in [0.2, 0.25) is 0 Å². The molecule has 0 unspecified atom stereocenters. The van der Waals surface area contributed by atoms with Crippen LogP contribution in [0.25, 0.3) is 0 Å². The molecule has 0 aliphatic carbocycles. The van der Waals surface area contributed by atoms with Crippen molar-refractivity contribution >= 4 is 11.7 Å². The number of hydrogen-bond donors (Lipinski definition) is 1. The highest BCUT2D eigenvalue weighted by atomic mass is 16.6. The number of anilines is 1. The molecule has 1 aromatic carbocycles. The maximum absolute atomic E-state index is 12.1. The molecule has 0 bridgehead atoms. The van der Waals surface area contributed by atoms with Gasteiger partial charge in [-0.3, -0.25) is 4.79 Å². The van der Waals surface area contributed by atoms with Gasteiger partial charge >= 0.3 is 0 Å². The molecule has 6 nitrogen and oxygen atoms in total. The van der Waals surface area contributed by atoms with Gasteiger partial charge in [-0.05, 0) is 42.3 Å². The van der Waals surface area contributed by atoms with Crippen LogP contribution in [0, 0.1) is 0 Å². The van der Waals surface area contributed by atoms with E-state index in [4.69, 9.17) is 4.74 Å². The van der Waals surface area contributed by atoms with Crippen molar-refractivity contribution in [3.8, 4) is 5.75 Å². The number of ether oxygens (including phenoxy) is 1. The zero-order valence-corrected chi connectivity index (χ0v) is 13.0. The summed E-state index contributed by atoms with van der Waals surface area (Å²) in [5.74, 6) is 0.889. The zero-order valence-electron chi connectivity index (χ0n) is 13.0. The van der Waals surface area contributed by atoms with Gasteiger partial charge in [0.2, 0.25) is 5.82 Å². The van der Waals surface area contributed by atoms with E-state index in [1.165, 1.54) is 6.42 Å². The van der Waals surface area contributed by atoms with Crippen molar-refractivity contribution in [2.45, 2.75) is 39.5 Å². The van der Waals surface area contributed by atoms with E-state index >= 15 is 0 Å². The SMILES string of the molecule is CCCCCOc1ccc(C(=O)Nc2nonc2CC)cc1. The van der Waals surface area contributed by atoms with Crippen molar-refractivity contribution in [3.05, 3.63) is 35.5 Å². The molecule has 1 N–H and O–H groups in total. The van der Waals surface area contributed by atoms with Gasteiger partial charge in [-0.15, -0.1) is 0 Å². The van der Waals surface area contributed by atoms with Gasteiger partial charge in [0.1, 0.15) is 11.4 Å². The van der Waals surface area contributed by atoms with Crippen LogP contribution in [0.5, 0.6) is 5.75 Å². The highest BCUT2D eigenvalue weighted by Gasteiger charge is 2.13. The van der Waals surface area contributed by atoms with E-state index in [0.29, 0.717) is 30.1 Å². The Kier molecular flexibility index (Phi) is 5.94. The number of carbonyl (C=O) groups is 1. The summed E-state index contributed by atoms with van der Waals surface area (Å²) in [5.41, 5.74) is 1.16. The lowest BCUT2D eigenvalue weighted by atomic mass is 10.2. The monoisotopic (exact) mass is 303 g/mol. The number of hydrogen-bond acceptors (Lipinski definition) is 5. The Morgan fingerprint density at radius 2 is 1.95 bits per heavy atom. The highest BCUT2D eigenvalue weighted by molar-refractivity contribution is 6.04. The van der Waals surface area contributed by atoms with E-state index in [1.54, 1.807) is 24.3 Å². The molecule has 2 aromatic rings. The molecule has 0 spiro atoms. The molecule has 0 aliphatic rings. The lowest BCUT2D eigenvalue weighted by Gasteiger charge is -2.07. The van der Waals surface area contributed by atoms with Crippen molar-refractivity contribution in [1.29, 1.82) is 0 Å². The largest absolute Gasteiger partial charge is 0.494 e. The first-order valence-corrected chi connectivity index (χ1v) is 7.60. The molecular formula is C16H21N3O3. The summed E-state index contributed by atoms with van der Waals surface area (Å²) >= 11 is 0. The molecule has 0 saturated carbocycles. The second-order valence-electron chi connectivity index (χ2n) is 4.95. The quantitative estimate of drug-likeness (QED) is 0.756. The van der Waals surface area contributed by atoms with Crippen molar-refractivity contribution in [2.75, 3.05) is 11.9 Å². The topological polar surface area (TPSA) is 77.2 Å². The normalized spacial score (nSPS) is 10.5. The molecule has 0 fully saturated rings. The number of aromatic nitrogens is 2. The molecule has 0 radical (unpaired) electrons. The fraction of sp³-hybridized carbons (Fsp3) is 0.438. The van der Waals surface area contributed by atoms with Gasteiger partial charge in [-0.25, -0.2) is 4.63 Å². The summed E-state index contributed by atoms with van der Waals surface area (Å²) in [5, 5.41) is 10.1. The predicted molar refractivity (Wildman–Crippen MR) is 83.1 cm³/mol. The van der Waals surface area contributed by atoms with E-state index in [-0.39, 0.29) is 5.91 Å². The number of benzene rings is 1. The standard InChI is InChI=1S/C16H21N3O3/c1-3-5-6-11-21-13-9-7-12(8-10-13)16(20)17-15-14(4-2)18-22-19-15/h7-10H,3-6,11H2,1-2H3,(H,17,19,20). The third kappa shape index (κ3) is 4.31. The van der Waals surface area contributed by atoms with Crippen LogP contribution >= 0.6 is 0 Å². The number of aryl methyl sites for hydroxylation is 1. The van der Waals surface area contributed by atoms with Crippen LogP contribution in [0.15, 0.2) is 28.9 Å². The lowest BCUT2D eigenvalue weighted by Crippen LogP contribution is -2.13. The van der Waals surface area contributed by atoms with Crippen LogP contribution in [0.1, 0.15) is 49.2 Å². The number of rotatable bonds is 8. The van der Waals surface area contributed by atoms with E-state index in [9.17, 15) is 4.79 Å². The minimum atomic E-state index is -0.247. The summed E-state index contributed by atoms with van der Waals surface area (Å²) in [6.45, 7) is 4.77. The summed E-state index contributed by atoms with van der Waals surface area (Å²) in [4.78, 5) is 12.1. The molecule has 2 rings (SSSR count). The molecule has 0 atom stereocenters. The van der Waals surface area contributed by atoms with E-state index in [2.05, 4.69) is 27.2 Å². The number of carbonyl (C=O) groups excluding carboxylic acids is 1. The van der Waals surface area contributed by atoms with Crippen molar-refractivity contribution in [3.63, 3.8) is 0 Å². The maximum atomic E-state index is 12.1. The van der Waals surface area contributed by atoms with E-state index in [0.717, 1.165) is 18.6 Å². The molecule has 1 amide bonds. The number of unbranched alkanes of at least 4 members (excludes halogenated alkanes) is 2. The first kappa shape index (κ1) is 16.0. The molecule has 6 heteroatoms. The van der Waals surface area contributed by atoms with E-state index < -0.39 is 0 Å². The number of nitrogens with zero attached hydrogens (tertiary/aromatic N) is 2. The Hall–Kier alpha value is -2.37. The minimum absolute atomic E-state index is 0.247. The summed E-state index contributed by atoms with van der Waals surface area (Å²) in [7, 11) is 0. The first-order chi connectivity index (χ1) is 10.7. The third-order valence-corrected chi connectivity index (χ3v) is 3.26. The average Bonchev–Trinajstić information content (AvgIpc) is 2.99. The van der Waals surface area contributed by atoms with Gasteiger partial charge < -0.3 is 10.1 Å². The fourth-order valence-electron chi connectivity index (χ4n) is 1.96. The molecule has 0 saturated heterocycles. The van der Waals surface area contributed by atoms with Gasteiger partial charge in [0.15, 0.2) is 0 Å². The van der Waals surface area contributed by atoms with Crippen LogP contribution in [0.4, 0.5) is 5.82 Å². The van der Waals surface area contributed by atoms with Gasteiger partial charge in [0, 0.05) is 5.56 Å². The van der Waals surface area contributed by atoms with Crippen molar-refractivity contribution in [1.82, 2.24) is 10.3 Å². The summed E-state index contributed by atoms with van der Waals surface area (Å²) < 4.78 is 10.2. The van der Waals surface area contributed by atoms with Gasteiger partial charge in [0.25, 0.3) is 5.91 Å². The highest BCUT2D eigenvalue weighted by Crippen LogP contribution is 2.15. The minimum Gasteiger partial charge on any atom is -0.494 e. The number of amides is 1. The Bertz CT molecular complexity index is 593. The van der Waals surface area contributed by atoms with Gasteiger partial charge in [0.05, 0.1) is 6.61 Å². The number of nitrogens with one attached hydrogen (secondary N) is 1. The molecule has 1 aromatic heterocycles. The molecular weight excluding hydrogens is 282 g/mol. The fourth-order valence-corrected chi connectivity index (χ4v) is 1.96. The molecule has 0 aliphatic heterocycles.